The molecule has 1 heterocycles. The van der Waals surface area contributed by atoms with Crippen LogP contribution >= 0.6 is 23.5 Å². The van der Waals surface area contributed by atoms with Crippen LogP contribution in [-0.2, 0) is 0 Å². The second-order valence-electron chi connectivity index (χ2n) is 4.89. The smallest absolute Gasteiger partial charge is 0.258 e. The van der Waals surface area contributed by atoms with Crippen LogP contribution in [0.3, 0.4) is 0 Å². The zero-order chi connectivity index (χ0) is 16.4. The number of aromatic nitrogens is 1. The monoisotopic (exact) mass is 344 g/mol. The first-order valence-corrected chi connectivity index (χ1v) is 9.40. The summed E-state index contributed by atoms with van der Waals surface area (Å²) in [4.78, 5) is 17.9. The maximum absolute atomic E-state index is 11.5. The summed E-state index contributed by atoms with van der Waals surface area (Å²) < 4.78 is 0. The lowest BCUT2D eigenvalue weighted by atomic mass is 10.1. The van der Waals surface area contributed by atoms with Crippen molar-refractivity contribution in [2.24, 2.45) is 0 Å². The second kappa shape index (κ2) is 6.76. The average Bonchev–Trinajstić information content (AvgIpc) is 2.55. The Morgan fingerprint density at radius 1 is 1.09 bits per heavy atom. The van der Waals surface area contributed by atoms with Gasteiger partial charge < -0.3 is 0 Å². The Hall–Kier alpha value is -1.79. The van der Waals surface area contributed by atoms with Crippen LogP contribution in [0, 0.1) is 10.1 Å². The molecule has 2 aromatic carbocycles. The first-order valence-electron chi connectivity index (χ1n) is 7.42. The molecule has 0 fully saturated rings. The van der Waals surface area contributed by atoms with Gasteiger partial charge in [0.05, 0.1) is 21.3 Å². The molecule has 0 unspecified atom stereocenters. The molecule has 0 aliphatic heterocycles. The molecule has 3 rings (SSSR count). The number of thioether (sulfide) groups is 2. The third-order valence-electron chi connectivity index (χ3n) is 3.51. The molecule has 1 aromatic heterocycles. The summed E-state index contributed by atoms with van der Waals surface area (Å²) in [7, 11) is 0. The lowest BCUT2D eigenvalue weighted by Crippen LogP contribution is -1.96. The SMILES string of the molecule is CCSc1ccc([N+](=O)[O-])c2c(SCC)c3ccccc3nc12. The zero-order valence-electron chi connectivity index (χ0n) is 12.9. The lowest BCUT2D eigenvalue weighted by molar-refractivity contribution is -0.383. The highest BCUT2D eigenvalue weighted by Crippen LogP contribution is 2.42. The molecule has 0 spiro atoms. The van der Waals surface area contributed by atoms with E-state index in [1.807, 2.05) is 30.3 Å². The van der Waals surface area contributed by atoms with E-state index < -0.39 is 0 Å². The number of pyridine rings is 1. The van der Waals surface area contributed by atoms with Gasteiger partial charge in [0, 0.05) is 21.2 Å². The van der Waals surface area contributed by atoms with Gasteiger partial charge in [0.2, 0.25) is 0 Å². The molecule has 3 aromatic rings. The highest BCUT2D eigenvalue weighted by Gasteiger charge is 2.21. The number of nitro benzene ring substituents is 1. The molecule has 0 amide bonds. The molecule has 0 bridgehead atoms. The van der Waals surface area contributed by atoms with Crippen LogP contribution in [0.1, 0.15) is 13.8 Å². The maximum Gasteiger partial charge on any atom is 0.280 e. The van der Waals surface area contributed by atoms with E-state index in [2.05, 4.69) is 13.8 Å². The van der Waals surface area contributed by atoms with Crippen LogP contribution in [0.4, 0.5) is 5.69 Å². The highest BCUT2D eigenvalue weighted by atomic mass is 32.2. The van der Waals surface area contributed by atoms with Crippen LogP contribution in [0.25, 0.3) is 21.8 Å². The number of para-hydroxylation sites is 1. The van der Waals surface area contributed by atoms with E-state index in [1.165, 1.54) is 0 Å². The molecule has 0 radical (unpaired) electrons. The molecule has 0 saturated heterocycles. The molecule has 0 saturated carbocycles. The van der Waals surface area contributed by atoms with Crippen molar-refractivity contribution in [1.29, 1.82) is 0 Å². The van der Waals surface area contributed by atoms with Gasteiger partial charge in [-0.3, -0.25) is 10.1 Å². The Balaban J connectivity index is 2.51. The van der Waals surface area contributed by atoms with Crippen molar-refractivity contribution in [2.75, 3.05) is 11.5 Å². The average molecular weight is 344 g/mol. The molecule has 0 N–H and O–H groups in total. The minimum Gasteiger partial charge on any atom is -0.258 e. The van der Waals surface area contributed by atoms with Gasteiger partial charge in [0.1, 0.15) is 0 Å². The number of rotatable bonds is 5. The van der Waals surface area contributed by atoms with Crippen LogP contribution < -0.4 is 0 Å². The van der Waals surface area contributed by atoms with E-state index in [0.717, 1.165) is 37.7 Å². The van der Waals surface area contributed by atoms with Crippen molar-refractivity contribution < 1.29 is 4.92 Å². The van der Waals surface area contributed by atoms with E-state index in [9.17, 15) is 10.1 Å². The zero-order valence-corrected chi connectivity index (χ0v) is 14.5. The number of benzene rings is 2. The molecule has 4 nitrogen and oxygen atoms in total. The summed E-state index contributed by atoms with van der Waals surface area (Å²) in [6, 6.07) is 11.3. The van der Waals surface area contributed by atoms with Crippen LogP contribution in [0.15, 0.2) is 46.2 Å². The predicted molar refractivity (Wildman–Crippen MR) is 98.7 cm³/mol. The third kappa shape index (κ3) is 2.88. The van der Waals surface area contributed by atoms with Gasteiger partial charge in [0.25, 0.3) is 5.69 Å². The number of non-ortho nitro benzene ring substituents is 1. The standard InChI is InChI=1S/C17H16N2O2S2/c1-3-22-14-10-9-13(19(20)21)15-16(14)18-12-8-6-5-7-11(12)17(15)23-4-2/h5-10H,3-4H2,1-2H3. The Morgan fingerprint density at radius 2 is 1.83 bits per heavy atom. The Kier molecular flexibility index (Phi) is 4.73. The number of nitro groups is 1. The first kappa shape index (κ1) is 16.1. The molecular weight excluding hydrogens is 328 g/mol. The summed E-state index contributed by atoms with van der Waals surface area (Å²) in [5.41, 5.74) is 1.75. The topological polar surface area (TPSA) is 56.0 Å². The van der Waals surface area contributed by atoms with Crippen molar-refractivity contribution in [2.45, 2.75) is 23.6 Å². The van der Waals surface area contributed by atoms with Crippen molar-refractivity contribution in [3.8, 4) is 0 Å². The van der Waals surface area contributed by atoms with Gasteiger partial charge in [-0.1, -0.05) is 32.0 Å². The van der Waals surface area contributed by atoms with Gasteiger partial charge in [-0.25, -0.2) is 4.98 Å². The largest absolute Gasteiger partial charge is 0.280 e. The van der Waals surface area contributed by atoms with Gasteiger partial charge >= 0.3 is 0 Å². The number of fused-ring (bicyclic) bond motifs is 2. The molecule has 0 aliphatic rings. The Bertz CT molecular complexity index is 897. The summed E-state index contributed by atoms with van der Waals surface area (Å²) >= 11 is 3.31. The summed E-state index contributed by atoms with van der Waals surface area (Å²) in [5, 5.41) is 13.2. The molecular formula is C17H16N2O2S2. The fraction of sp³-hybridized carbons (Fsp3) is 0.235. The minimum absolute atomic E-state index is 0.134. The molecule has 0 aliphatic carbocycles. The van der Waals surface area contributed by atoms with Crippen molar-refractivity contribution in [3.63, 3.8) is 0 Å². The fourth-order valence-electron chi connectivity index (χ4n) is 2.63. The van der Waals surface area contributed by atoms with E-state index in [0.29, 0.717) is 5.39 Å². The minimum atomic E-state index is -0.307. The Labute approximate surface area is 142 Å². The van der Waals surface area contributed by atoms with Gasteiger partial charge in [-0.05, 0) is 23.6 Å². The van der Waals surface area contributed by atoms with Crippen LogP contribution in [0.5, 0.6) is 0 Å². The lowest BCUT2D eigenvalue weighted by Gasteiger charge is -2.12. The fourth-order valence-corrected chi connectivity index (χ4v) is 4.35. The van der Waals surface area contributed by atoms with Crippen molar-refractivity contribution in [1.82, 2.24) is 4.98 Å². The predicted octanol–water partition coefficient (Wildman–Crippen LogP) is 5.52. The third-order valence-corrected chi connectivity index (χ3v) is 5.44. The summed E-state index contributed by atoms with van der Waals surface area (Å²) in [6.07, 6.45) is 0. The number of hydrogen-bond acceptors (Lipinski definition) is 5. The Morgan fingerprint density at radius 3 is 2.52 bits per heavy atom. The van der Waals surface area contributed by atoms with E-state index in [1.54, 1.807) is 29.6 Å². The molecule has 0 atom stereocenters. The normalized spacial score (nSPS) is 11.2. The summed E-state index contributed by atoms with van der Waals surface area (Å²) in [6.45, 7) is 4.13. The van der Waals surface area contributed by atoms with E-state index in [4.69, 9.17) is 4.98 Å². The molecule has 6 heteroatoms. The van der Waals surface area contributed by atoms with Crippen molar-refractivity contribution in [3.05, 3.63) is 46.5 Å². The second-order valence-corrected chi connectivity index (χ2v) is 7.47. The molecule has 118 valence electrons. The van der Waals surface area contributed by atoms with Crippen LogP contribution in [-0.4, -0.2) is 21.4 Å². The molecule has 23 heavy (non-hydrogen) atoms. The summed E-state index contributed by atoms with van der Waals surface area (Å²) in [5.74, 6) is 1.75. The number of nitrogens with zero attached hydrogens (tertiary/aromatic N) is 2. The van der Waals surface area contributed by atoms with Gasteiger partial charge in [-0.15, -0.1) is 23.5 Å². The van der Waals surface area contributed by atoms with E-state index in [-0.39, 0.29) is 10.6 Å². The van der Waals surface area contributed by atoms with Gasteiger partial charge in [0.15, 0.2) is 0 Å². The maximum atomic E-state index is 11.5. The quantitative estimate of drug-likeness (QED) is 0.264. The van der Waals surface area contributed by atoms with E-state index >= 15 is 0 Å². The first-order chi connectivity index (χ1) is 11.2. The highest BCUT2D eigenvalue weighted by molar-refractivity contribution is 8.00. The van der Waals surface area contributed by atoms with Crippen LogP contribution in [0.2, 0.25) is 0 Å². The van der Waals surface area contributed by atoms with Crippen molar-refractivity contribution >= 4 is 51.0 Å². The van der Waals surface area contributed by atoms with Gasteiger partial charge in [-0.2, -0.15) is 0 Å². The number of hydrogen-bond donors (Lipinski definition) is 0.